The smallest absolute Gasteiger partial charge is 1.00 e. The van der Waals surface area contributed by atoms with E-state index in [2.05, 4.69) is 18.7 Å². The van der Waals surface area contributed by atoms with Gasteiger partial charge in [0, 0.05) is 0 Å². The third-order valence-corrected chi connectivity index (χ3v) is 1.28. The summed E-state index contributed by atoms with van der Waals surface area (Å²) < 4.78 is 0. The molecule has 1 rings (SSSR count). The van der Waals surface area contributed by atoms with Crippen LogP contribution in [0.2, 0.25) is 0 Å². The Morgan fingerprint density at radius 1 is 1.40 bits per heavy atom. The summed E-state index contributed by atoms with van der Waals surface area (Å²) >= 11 is 4.08. The van der Waals surface area contributed by atoms with Crippen LogP contribution in [0, 0.1) is 6.07 Å². The molecule has 0 aliphatic rings. The molecule has 50 valence electrons. The number of halogens is 1. The van der Waals surface area contributed by atoms with Gasteiger partial charge in [-0.2, -0.15) is 48.5 Å². The molecule has 0 bridgehead atoms. The zero-order chi connectivity index (χ0) is 5.82. The molecular weight excluding hydrogens is 220 g/mol. The average molecular weight is 227 g/mol. The van der Waals surface area contributed by atoms with Crippen molar-refractivity contribution in [2.24, 2.45) is 0 Å². The van der Waals surface area contributed by atoms with Gasteiger partial charge < -0.3 is 17.0 Å². The summed E-state index contributed by atoms with van der Waals surface area (Å²) in [5, 5.41) is 0. The van der Waals surface area contributed by atoms with Crippen molar-refractivity contribution in [2.75, 3.05) is 0 Å². The molecule has 0 heterocycles. The first-order valence-corrected chi connectivity index (χ1v) is 3.13. The summed E-state index contributed by atoms with van der Waals surface area (Å²) in [6.45, 7) is 0. The van der Waals surface area contributed by atoms with Crippen LogP contribution >= 0.6 is 12.6 Å². The molecule has 0 N–H and O–H groups in total. The van der Waals surface area contributed by atoms with Gasteiger partial charge in [-0.05, 0) is 5.75 Å². The second kappa shape index (κ2) is 7.92. The number of hydrogen-bond donors (Lipinski definition) is 1. The van der Waals surface area contributed by atoms with E-state index in [-0.39, 0.29) is 40.0 Å². The van der Waals surface area contributed by atoms with Crippen molar-refractivity contribution in [3.63, 3.8) is 0 Å². The molecule has 0 fully saturated rings. The maximum absolute atomic E-state index is 4.08. The van der Waals surface area contributed by atoms with Crippen molar-refractivity contribution in [3.05, 3.63) is 35.9 Å². The number of benzene rings is 1. The minimum Gasteiger partial charge on any atom is -1.00 e. The second-order valence-electron chi connectivity index (χ2n) is 1.55. The van der Waals surface area contributed by atoms with Crippen molar-refractivity contribution < 1.29 is 17.0 Å². The molecule has 0 atom stereocenters. The molecule has 0 amide bonds. The fourth-order valence-corrected chi connectivity index (χ4v) is 0.726. The van der Waals surface area contributed by atoms with Crippen molar-refractivity contribution in [2.45, 2.75) is 5.75 Å². The van der Waals surface area contributed by atoms with Crippen molar-refractivity contribution in [1.29, 1.82) is 0 Å². The molecule has 0 nitrogen and oxygen atoms in total. The number of hydrogen-bond acceptors (Lipinski definition) is 1. The maximum Gasteiger partial charge on any atom is 2.00 e. The third kappa shape index (κ3) is 4.60. The molecule has 1 aromatic rings. The Labute approximate surface area is 93.7 Å². The summed E-state index contributed by atoms with van der Waals surface area (Å²) in [4.78, 5) is 0. The zero-order valence-electron chi connectivity index (χ0n) is 5.55. The summed E-state index contributed by atoms with van der Waals surface area (Å²) in [5.41, 5.74) is 1.15. The Kier molecular flexibility index (Phi) is 10.6. The molecule has 0 unspecified atom stereocenters. The van der Waals surface area contributed by atoms with E-state index in [1.807, 2.05) is 24.3 Å². The van der Waals surface area contributed by atoms with Gasteiger partial charge in [-0.3, -0.25) is 0 Å². The summed E-state index contributed by atoms with van der Waals surface area (Å²) in [6, 6.07) is 10.9. The molecule has 0 radical (unpaired) electrons. The first-order valence-electron chi connectivity index (χ1n) is 2.50. The average Bonchev–Trinajstić information content (AvgIpc) is 1.90. The quantitative estimate of drug-likeness (QED) is 0.338. The van der Waals surface area contributed by atoms with E-state index >= 15 is 0 Å². The third-order valence-electron chi connectivity index (χ3n) is 0.944. The fourth-order valence-electron chi connectivity index (χ4n) is 0.529. The van der Waals surface area contributed by atoms with Crippen molar-refractivity contribution >= 4 is 35.7 Å². The van der Waals surface area contributed by atoms with E-state index < -0.39 is 0 Å². The Hall–Kier alpha value is 0.816. The summed E-state index contributed by atoms with van der Waals surface area (Å²) in [6.07, 6.45) is 0. The molecule has 0 aliphatic carbocycles. The van der Waals surface area contributed by atoms with Crippen LogP contribution in [0.25, 0.3) is 0 Å². The van der Waals surface area contributed by atoms with Crippen molar-refractivity contribution in [1.82, 2.24) is 0 Å². The van der Waals surface area contributed by atoms with Crippen LogP contribution in [-0.4, -0.2) is 23.1 Å². The van der Waals surface area contributed by atoms with Crippen LogP contribution in [0.3, 0.4) is 0 Å². The Morgan fingerprint density at radius 3 is 2.40 bits per heavy atom. The van der Waals surface area contributed by atoms with E-state index in [1.54, 1.807) is 0 Å². The van der Waals surface area contributed by atoms with Crippen LogP contribution in [0.4, 0.5) is 0 Å². The first kappa shape index (κ1) is 13.4. The Bertz CT molecular complexity index is 155. The second-order valence-corrected chi connectivity index (χ2v) is 1.86. The van der Waals surface area contributed by atoms with Crippen LogP contribution < -0.4 is 17.0 Å². The molecule has 0 spiro atoms. The van der Waals surface area contributed by atoms with E-state index in [4.69, 9.17) is 0 Å². The molecular formula is C7H7BrMgS. The molecule has 3 heteroatoms. The van der Waals surface area contributed by atoms with Crippen molar-refractivity contribution in [3.8, 4) is 0 Å². The SMILES string of the molecule is SCc1[c-]cccc1.[Br-].[Mg+2]. The minimum absolute atomic E-state index is 0. The molecule has 0 saturated carbocycles. The minimum atomic E-state index is 0. The fraction of sp³-hybridized carbons (Fsp3) is 0.143. The van der Waals surface area contributed by atoms with Gasteiger partial charge in [0.15, 0.2) is 0 Å². The summed E-state index contributed by atoms with van der Waals surface area (Å²) in [7, 11) is 0. The molecule has 10 heavy (non-hydrogen) atoms. The van der Waals surface area contributed by atoms with Gasteiger partial charge in [-0.1, -0.05) is 0 Å². The van der Waals surface area contributed by atoms with Gasteiger partial charge in [0.25, 0.3) is 0 Å². The van der Waals surface area contributed by atoms with Gasteiger partial charge in [0.1, 0.15) is 0 Å². The Morgan fingerprint density at radius 2 is 2.10 bits per heavy atom. The van der Waals surface area contributed by atoms with E-state index in [9.17, 15) is 0 Å². The van der Waals surface area contributed by atoms with Crippen LogP contribution in [-0.2, 0) is 5.75 Å². The predicted octanol–water partition coefficient (Wildman–Crippen LogP) is -1.46. The van der Waals surface area contributed by atoms with E-state index in [1.165, 1.54) is 0 Å². The topological polar surface area (TPSA) is 0 Å². The van der Waals surface area contributed by atoms with Gasteiger partial charge in [-0.15, -0.1) is 0 Å². The number of thiol groups is 1. The standard InChI is InChI=1S/C7H7S.BrH.Mg/c8-6-7-4-2-1-3-5-7;;/h1-4,8H,6H2;1H;/q-1;;+2/p-1. The van der Waals surface area contributed by atoms with Gasteiger partial charge in [0.2, 0.25) is 0 Å². The van der Waals surface area contributed by atoms with Gasteiger partial charge in [0.05, 0.1) is 0 Å². The maximum atomic E-state index is 4.08. The monoisotopic (exact) mass is 226 g/mol. The summed E-state index contributed by atoms with van der Waals surface area (Å²) in [5.74, 6) is 0.779. The van der Waals surface area contributed by atoms with E-state index in [0.717, 1.165) is 11.3 Å². The number of rotatable bonds is 1. The molecule has 0 aliphatic heterocycles. The first-order chi connectivity index (χ1) is 3.93. The molecule has 0 aromatic heterocycles. The predicted molar refractivity (Wildman–Crippen MR) is 43.7 cm³/mol. The van der Waals surface area contributed by atoms with Crippen LogP contribution in [0.15, 0.2) is 24.3 Å². The van der Waals surface area contributed by atoms with E-state index in [0.29, 0.717) is 0 Å². The largest absolute Gasteiger partial charge is 2.00 e. The van der Waals surface area contributed by atoms with Crippen LogP contribution in [0.1, 0.15) is 5.56 Å². The van der Waals surface area contributed by atoms with Gasteiger partial charge >= 0.3 is 23.1 Å². The van der Waals surface area contributed by atoms with Gasteiger partial charge in [-0.25, -0.2) is 0 Å². The molecule has 0 saturated heterocycles. The van der Waals surface area contributed by atoms with Crippen LogP contribution in [0.5, 0.6) is 0 Å². The zero-order valence-corrected chi connectivity index (χ0v) is 9.44. The molecule has 1 aromatic carbocycles. The normalized spacial score (nSPS) is 7.30. The Balaban J connectivity index is 0.